The first kappa shape index (κ1) is 14.1. The standard InChI is InChI=1S/C12H19N3O5/c1-10(2)17-7-5-16-12(6-14-15-13)9(8(7)18-10)19-11(3,4)20-12/h7-9H,5-6H2,1-4H3/t7-,8-,9-,12+/m1/s1. The summed E-state index contributed by atoms with van der Waals surface area (Å²) in [6.45, 7) is 7.63. The predicted molar refractivity (Wildman–Crippen MR) is 66.6 cm³/mol. The fourth-order valence-electron chi connectivity index (χ4n) is 3.09. The largest absolute Gasteiger partial charge is 0.344 e. The second-order valence-electron chi connectivity index (χ2n) is 6.19. The predicted octanol–water partition coefficient (Wildman–Crippen LogP) is 1.69. The molecular weight excluding hydrogens is 266 g/mol. The molecule has 0 spiro atoms. The van der Waals surface area contributed by atoms with Gasteiger partial charge in [0.1, 0.15) is 18.3 Å². The average molecular weight is 285 g/mol. The minimum atomic E-state index is -1.11. The number of fused-ring (bicyclic) bond motifs is 3. The highest BCUT2D eigenvalue weighted by atomic mass is 16.9. The van der Waals surface area contributed by atoms with Gasteiger partial charge in [-0.05, 0) is 33.2 Å². The molecule has 3 rings (SSSR count). The fraction of sp³-hybridized carbons (Fsp3) is 1.00. The zero-order valence-electron chi connectivity index (χ0n) is 12.0. The number of nitrogens with zero attached hydrogens (tertiary/aromatic N) is 3. The quantitative estimate of drug-likeness (QED) is 0.437. The second kappa shape index (κ2) is 4.30. The van der Waals surface area contributed by atoms with E-state index in [9.17, 15) is 0 Å². The molecule has 112 valence electrons. The van der Waals surface area contributed by atoms with Crippen molar-refractivity contribution in [3.63, 3.8) is 0 Å². The van der Waals surface area contributed by atoms with E-state index in [1.807, 2.05) is 13.8 Å². The van der Waals surface area contributed by atoms with Crippen molar-refractivity contribution >= 4 is 0 Å². The summed E-state index contributed by atoms with van der Waals surface area (Å²) >= 11 is 0. The Labute approximate surface area is 116 Å². The maximum atomic E-state index is 8.56. The van der Waals surface area contributed by atoms with Gasteiger partial charge in [0.15, 0.2) is 11.6 Å². The van der Waals surface area contributed by atoms with Gasteiger partial charge in [0.2, 0.25) is 5.79 Å². The molecular formula is C12H19N3O5. The molecule has 0 saturated carbocycles. The molecule has 0 amide bonds. The summed E-state index contributed by atoms with van der Waals surface area (Å²) in [5.74, 6) is -2.63. The van der Waals surface area contributed by atoms with Crippen LogP contribution in [0.4, 0.5) is 0 Å². The van der Waals surface area contributed by atoms with E-state index >= 15 is 0 Å². The minimum Gasteiger partial charge on any atom is -0.344 e. The lowest BCUT2D eigenvalue weighted by Crippen LogP contribution is -2.59. The van der Waals surface area contributed by atoms with Gasteiger partial charge < -0.3 is 23.7 Å². The Kier molecular flexibility index (Phi) is 3.02. The fourth-order valence-corrected chi connectivity index (χ4v) is 3.09. The summed E-state index contributed by atoms with van der Waals surface area (Å²) < 4.78 is 29.3. The van der Waals surface area contributed by atoms with Gasteiger partial charge in [-0.2, -0.15) is 0 Å². The van der Waals surface area contributed by atoms with E-state index in [2.05, 4.69) is 10.0 Å². The van der Waals surface area contributed by atoms with Crippen LogP contribution in [-0.4, -0.2) is 48.8 Å². The Balaban J connectivity index is 1.91. The number of azide groups is 1. The van der Waals surface area contributed by atoms with E-state index in [0.717, 1.165) is 0 Å². The SMILES string of the molecule is CC1(C)O[C@H]2[C@H]3OC(C)(C)O[C@]3(CN=[N+]=[N-])OC[C@H]2O1. The van der Waals surface area contributed by atoms with Gasteiger partial charge in [-0.25, -0.2) is 0 Å². The first-order valence-electron chi connectivity index (χ1n) is 6.65. The van der Waals surface area contributed by atoms with Crippen LogP contribution in [-0.2, 0) is 23.7 Å². The first-order chi connectivity index (χ1) is 9.27. The van der Waals surface area contributed by atoms with Crippen LogP contribution in [0.3, 0.4) is 0 Å². The monoisotopic (exact) mass is 285 g/mol. The summed E-state index contributed by atoms with van der Waals surface area (Å²) in [7, 11) is 0. The van der Waals surface area contributed by atoms with E-state index in [4.69, 9.17) is 29.2 Å². The van der Waals surface area contributed by atoms with E-state index in [0.29, 0.717) is 6.61 Å². The molecule has 0 bridgehead atoms. The molecule has 3 aliphatic heterocycles. The third kappa shape index (κ3) is 2.18. The molecule has 3 heterocycles. The van der Waals surface area contributed by atoms with Crippen molar-refractivity contribution in [1.29, 1.82) is 0 Å². The van der Waals surface area contributed by atoms with Crippen molar-refractivity contribution in [2.75, 3.05) is 13.2 Å². The van der Waals surface area contributed by atoms with E-state index in [-0.39, 0.29) is 18.8 Å². The van der Waals surface area contributed by atoms with Crippen LogP contribution < -0.4 is 0 Å². The molecule has 8 nitrogen and oxygen atoms in total. The van der Waals surface area contributed by atoms with Crippen molar-refractivity contribution in [2.45, 2.75) is 63.4 Å². The Bertz CT molecular complexity index is 462. The van der Waals surface area contributed by atoms with Gasteiger partial charge in [-0.1, -0.05) is 5.11 Å². The summed E-state index contributed by atoms with van der Waals surface area (Å²) in [6, 6.07) is 0. The van der Waals surface area contributed by atoms with Gasteiger partial charge in [0.25, 0.3) is 0 Å². The van der Waals surface area contributed by atoms with Crippen LogP contribution in [0.25, 0.3) is 10.4 Å². The van der Waals surface area contributed by atoms with Crippen LogP contribution in [0, 0.1) is 0 Å². The topological polar surface area (TPSA) is 94.9 Å². The molecule has 4 atom stereocenters. The van der Waals surface area contributed by atoms with E-state index in [1.165, 1.54) is 0 Å². The van der Waals surface area contributed by atoms with Crippen molar-refractivity contribution in [3.8, 4) is 0 Å². The van der Waals surface area contributed by atoms with Crippen LogP contribution in [0.15, 0.2) is 5.11 Å². The van der Waals surface area contributed by atoms with Crippen molar-refractivity contribution < 1.29 is 23.7 Å². The minimum absolute atomic E-state index is 0.0323. The summed E-state index contributed by atoms with van der Waals surface area (Å²) in [5.41, 5.74) is 8.56. The van der Waals surface area contributed by atoms with Crippen molar-refractivity contribution in [2.24, 2.45) is 5.11 Å². The third-order valence-corrected chi connectivity index (χ3v) is 3.63. The van der Waals surface area contributed by atoms with Gasteiger partial charge in [0, 0.05) is 4.91 Å². The summed E-state index contributed by atoms with van der Waals surface area (Å²) in [5, 5.41) is 3.60. The molecule has 0 unspecified atom stereocenters. The molecule has 0 aromatic heterocycles. The second-order valence-corrected chi connectivity index (χ2v) is 6.19. The molecule has 0 radical (unpaired) electrons. The Morgan fingerprint density at radius 3 is 2.60 bits per heavy atom. The average Bonchev–Trinajstić information content (AvgIpc) is 2.78. The van der Waals surface area contributed by atoms with Crippen LogP contribution in [0.2, 0.25) is 0 Å². The smallest absolute Gasteiger partial charge is 0.206 e. The van der Waals surface area contributed by atoms with Crippen LogP contribution >= 0.6 is 0 Å². The van der Waals surface area contributed by atoms with Gasteiger partial charge >= 0.3 is 0 Å². The molecule has 0 N–H and O–H groups in total. The van der Waals surface area contributed by atoms with Gasteiger partial charge in [-0.3, -0.25) is 0 Å². The van der Waals surface area contributed by atoms with Gasteiger partial charge in [-0.15, -0.1) is 0 Å². The number of ether oxygens (including phenoxy) is 5. The van der Waals surface area contributed by atoms with Crippen LogP contribution in [0.5, 0.6) is 0 Å². The van der Waals surface area contributed by atoms with Crippen molar-refractivity contribution in [3.05, 3.63) is 10.4 Å². The first-order valence-corrected chi connectivity index (χ1v) is 6.65. The molecule has 3 fully saturated rings. The molecule has 3 saturated heterocycles. The van der Waals surface area contributed by atoms with E-state index in [1.54, 1.807) is 13.8 Å². The highest BCUT2D eigenvalue weighted by molar-refractivity contribution is 5.04. The molecule has 0 aliphatic carbocycles. The highest BCUT2D eigenvalue weighted by Gasteiger charge is 2.64. The van der Waals surface area contributed by atoms with Crippen LogP contribution in [0.1, 0.15) is 27.7 Å². The Morgan fingerprint density at radius 1 is 1.15 bits per heavy atom. The normalized spacial score (nSPS) is 44.5. The molecule has 0 aromatic carbocycles. The maximum absolute atomic E-state index is 8.56. The molecule has 0 aromatic rings. The zero-order chi connectivity index (χ0) is 14.6. The lowest BCUT2D eigenvalue weighted by molar-refractivity contribution is -0.274. The van der Waals surface area contributed by atoms with E-state index < -0.39 is 23.5 Å². The number of hydrogen-bond acceptors (Lipinski definition) is 6. The maximum Gasteiger partial charge on any atom is 0.206 e. The number of hydrogen-bond donors (Lipinski definition) is 0. The molecule has 8 heteroatoms. The lowest BCUT2D eigenvalue weighted by atomic mass is 9.97. The zero-order valence-corrected chi connectivity index (χ0v) is 12.0. The van der Waals surface area contributed by atoms with Gasteiger partial charge in [0.05, 0.1) is 13.2 Å². The highest BCUT2D eigenvalue weighted by Crippen LogP contribution is 2.47. The third-order valence-electron chi connectivity index (χ3n) is 3.63. The summed E-state index contributed by atoms with van der Waals surface area (Å²) in [6.07, 6.45) is -1.02. The Hall–Kier alpha value is -0.890. The molecule has 3 aliphatic rings. The molecule has 20 heavy (non-hydrogen) atoms. The summed E-state index contributed by atoms with van der Waals surface area (Å²) in [4.78, 5) is 2.78. The number of rotatable bonds is 2. The Morgan fingerprint density at radius 2 is 1.90 bits per heavy atom. The van der Waals surface area contributed by atoms with Crippen molar-refractivity contribution in [1.82, 2.24) is 0 Å². The lowest BCUT2D eigenvalue weighted by Gasteiger charge is -2.39.